The fourth-order valence-corrected chi connectivity index (χ4v) is 4.83. The molecule has 3 aromatic rings. The second-order valence-electron chi connectivity index (χ2n) is 6.71. The summed E-state index contributed by atoms with van der Waals surface area (Å²) in [5, 5.41) is 11.2. The van der Waals surface area contributed by atoms with Crippen molar-refractivity contribution in [2.45, 2.75) is 23.0 Å². The molecule has 0 saturated heterocycles. The third kappa shape index (κ3) is 3.46. The van der Waals surface area contributed by atoms with Gasteiger partial charge in [0.2, 0.25) is 0 Å². The fraction of sp³-hybridized carbons (Fsp3) is 0.190. The first-order valence-corrected chi connectivity index (χ1v) is 10.1. The highest BCUT2D eigenvalue weighted by Crippen LogP contribution is 2.31. The topological polar surface area (TPSA) is 92.7 Å². The monoisotopic (exact) mass is 399 g/mol. The fourth-order valence-electron chi connectivity index (χ4n) is 3.17. The summed E-state index contributed by atoms with van der Waals surface area (Å²) in [6, 6.07) is 19.0. The van der Waals surface area contributed by atoms with Gasteiger partial charge in [-0.15, -0.1) is 0 Å². The molecular weight excluding hydrogens is 378 g/mol. The summed E-state index contributed by atoms with van der Waals surface area (Å²) in [7, 11) is -2.64. The number of ether oxygens (including phenoxy) is 1. The predicted octanol–water partition coefficient (Wildman–Crippen LogP) is 3.13. The van der Waals surface area contributed by atoms with Crippen LogP contribution in [0, 0.1) is 0 Å². The Morgan fingerprint density at radius 2 is 1.68 bits per heavy atom. The van der Waals surface area contributed by atoms with Crippen molar-refractivity contribution in [3.63, 3.8) is 0 Å². The molecule has 0 unspecified atom stereocenters. The number of carbonyl (C=O) groups is 1. The third-order valence-corrected chi connectivity index (χ3v) is 7.31. The minimum atomic E-state index is -4.12. The Bertz CT molecular complexity index is 1110. The highest BCUT2D eigenvalue weighted by atomic mass is 32.2. The Balaban J connectivity index is 2.06. The van der Waals surface area contributed by atoms with Crippen LogP contribution in [-0.4, -0.2) is 31.4 Å². The first kappa shape index (κ1) is 19.9. The van der Waals surface area contributed by atoms with Crippen LogP contribution in [0.1, 0.15) is 12.5 Å². The van der Waals surface area contributed by atoms with Crippen molar-refractivity contribution in [2.24, 2.45) is 0 Å². The van der Waals surface area contributed by atoms with Crippen molar-refractivity contribution in [2.75, 3.05) is 7.11 Å². The molecule has 2 N–H and O–H groups in total. The number of rotatable bonds is 6. The van der Waals surface area contributed by atoms with Gasteiger partial charge >= 0.3 is 0 Å². The molecule has 1 amide bonds. The lowest BCUT2D eigenvalue weighted by molar-refractivity contribution is -0.131. The molecule has 3 aromatic carbocycles. The lowest BCUT2D eigenvalue weighted by Gasteiger charge is -2.27. The first-order valence-electron chi connectivity index (χ1n) is 8.63. The Kier molecular flexibility index (Phi) is 5.40. The normalized spacial score (nSPS) is 13.7. The van der Waals surface area contributed by atoms with E-state index in [-0.39, 0.29) is 11.3 Å². The van der Waals surface area contributed by atoms with Crippen molar-refractivity contribution in [3.8, 4) is 5.75 Å². The molecule has 146 valence electrons. The van der Waals surface area contributed by atoms with Gasteiger partial charge in [-0.1, -0.05) is 42.5 Å². The average Bonchev–Trinajstić information content (AvgIpc) is 2.72. The third-order valence-electron chi connectivity index (χ3n) is 4.90. The number of fused-ring (bicyclic) bond motifs is 1. The molecule has 28 heavy (non-hydrogen) atoms. The van der Waals surface area contributed by atoms with Gasteiger partial charge in [-0.25, -0.2) is 13.9 Å². The molecule has 0 spiro atoms. The Morgan fingerprint density at radius 1 is 1.04 bits per heavy atom. The molecule has 0 heterocycles. The molecule has 0 aliphatic heterocycles. The first-order chi connectivity index (χ1) is 13.3. The second kappa shape index (κ2) is 7.61. The highest BCUT2D eigenvalue weighted by molar-refractivity contribution is 7.93. The number of hydrogen-bond donors (Lipinski definition) is 2. The van der Waals surface area contributed by atoms with E-state index < -0.39 is 20.5 Å². The summed E-state index contributed by atoms with van der Waals surface area (Å²) in [6.07, 6.45) is -0.0986. The van der Waals surface area contributed by atoms with Crippen LogP contribution >= 0.6 is 0 Å². The smallest absolute Gasteiger partial charge is 0.265 e. The number of hydroxylamine groups is 1. The molecule has 0 saturated carbocycles. The zero-order valence-corrected chi connectivity index (χ0v) is 16.4. The Labute approximate surface area is 163 Å². The van der Waals surface area contributed by atoms with Crippen LogP contribution in [0.3, 0.4) is 0 Å². The standard InChI is InChI=1S/C21H21NO5S/c1-21(20(23)22-24,28(25,26)19-11-9-18(27-2)10-12-19)14-15-7-8-16-5-3-4-6-17(16)13-15/h3-13,24H,14H2,1-2H3,(H,22,23)/t21-/m0/s1. The maximum atomic E-state index is 13.3. The van der Waals surface area contributed by atoms with E-state index in [1.54, 1.807) is 6.07 Å². The summed E-state index contributed by atoms with van der Waals surface area (Å²) in [5.41, 5.74) is 2.19. The van der Waals surface area contributed by atoms with E-state index in [0.29, 0.717) is 11.3 Å². The minimum Gasteiger partial charge on any atom is -0.497 e. The second-order valence-corrected chi connectivity index (χ2v) is 9.09. The van der Waals surface area contributed by atoms with Gasteiger partial charge in [0.1, 0.15) is 5.75 Å². The van der Waals surface area contributed by atoms with E-state index in [0.717, 1.165) is 10.8 Å². The zero-order valence-electron chi connectivity index (χ0n) is 15.5. The summed E-state index contributed by atoms with van der Waals surface area (Å²) >= 11 is 0. The van der Waals surface area contributed by atoms with E-state index in [1.807, 2.05) is 36.4 Å². The van der Waals surface area contributed by atoms with E-state index in [2.05, 4.69) is 0 Å². The van der Waals surface area contributed by atoms with Crippen LogP contribution in [0.15, 0.2) is 71.6 Å². The van der Waals surface area contributed by atoms with E-state index in [9.17, 15) is 18.4 Å². The van der Waals surface area contributed by atoms with Gasteiger partial charge in [-0.2, -0.15) is 0 Å². The molecule has 0 bridgehead atoms. The van der Waals surface area contributed by atoms with Crippen LogP contribution in [0.5, 0.6) is 5.75 Å². The van der Waals surface area contributed by atoms with Crippen LogP contribution in [0.2, 0.25) is 0 Å². The Hall–Kier alpha value is -2.90. The molecule has 0 fully saturated rings. The Morgan fingerprint density at radius 3 is 2.29 bits per heavy atom. The summed E-state index contributed by atoms with van der Waals surface area (Å²) in [6.45, 7) is 1.31. The number of hydrogen-bond acceptors (Lipinski definition) is 5. The van der Waals surface area contributed by atoms with Crippen molar-refractivity contribution < 1.29 is 23.2 Å². The summed E-state index contributed by atoms with van der Waals surface area (Å²) in [5.74, 6) is -0.488. The van der Waals surface area contributed by atoms with Crippen LogP contribution in [0.25, 0.3) is 10.8 Å². The van der Waals surface area contributed by atoms with Gasteiger partial charge in [-0.05, 0) is 47.5 Å². The van der Waals surface area contributed by atoms with Crippen LogP contribution in [0.4, 0.5) is 0 Å². The maximum absolute atomic E-state index is 13.3. The largest absolute Gasteiger partial charge is 0.497 e. The lowest BCUT2D eigenvalue weighted by atomic mass is 9.97. The van der Waals surface area contributed by atoms with Crippen molar-refractivity contribution in [1.82, 2.24) is 5.48 Å². The minimum absolute atomic E-state index is 0.0276. The van der Waals surface area contributed by atoms with Gasteiger partial charge in [0.15, 0.2) is 14.6 Å². The van der Waals surface area contributed by atoms with E-state index in [1.165, 1.54) is 43.8 Å². The number of sulfone groups is 1. The quantitative estimate of drug-likeness (QED) is 0.491. The van der Waals surface area contributed by atoms with Crippen molar-refractivity contribution >= 4 is 26.5 Å². The SMILES string of the molecule is COc1ccc(S(=O)(=O)[C@@](C)(Cc2ccc3ccccc3c2)C(=O)NO)cc1. The molecule has 0 radical (unpaired) electrons. The number of amides is 1. The average molecular weight is 399 g/mol. The maximum Gasteiger partial charge on any atom is 0.265 e. The molecule has 7 heteroatoms. The zero-order chi connectivity index (χ0) is 20.4. The molecule has 0 aliphatic rings. The molecule has 1 atom stereocenters. The highest BCUT2D eigenvalue weighted by Gasteiger charge is 2.47. The van der Waals surface area contributed by atoms with Gasteiger partial charge in [-0.3, -0.25) is 10.0 Å². The number of carbonyl (C=O) groups excluding carboxylic acids is 1. The van der Waals surface area contributed by atoms with Crippen LogP contribution in [-0.2, 0) is 21.1 Å². The van der Waals surface area contributed by atoms with Crippen molar-refractivity contribution in [1.29, 1.82) is 0 Å². The molecular formula is C21H21NO5S. The van der Waals surface area contributed by atoms with E-state index >= 15 is 0 Å². The van der Waals surface area contributed by atoms with E-state index in [4.69, 9.17) is 4.74 Å². The summed E-state index contributed by atoms with van der Waals surface area (Å²) < 4.78 is 29.8. The molecule has 0 aromatic heterocycles. The number of methoxy groups -OCH3 is 1. The van der Waals surface area contributed by atoms with Crippen LogP contribution < -0.4 is 10.2 Å². The molecule has 0 aliphatic carbocycles. The predicted molar refractivity (Wildman–Crippen MR) is 106 cm³/mol. The van der Waals surface area contributed by atoms with Gasteiger partial charge in [0.05, 0.1) is 12.0 Å². The molecule has 3 rings (SSSR count). The van der Waals surface area contributed by atoms with Gasteiger partial charge in [0.25, 0.3) is 5.91 Å². The number of benzene rings is 3. The van der Waals surface area contributed by atoms with Crippen molar-refractivity contribution in [3.05, 3.63) is 72.3 Å². The summed E-state index contributed by atoms with van der Waals surface area (Å²) in [4.78, 5) is 12.5. The van der Waals surface area contributed by atoms with Gasteiger partial charge < -0.3 is 4.74 Å². The lowest BCUT2D eigenvalue weighted by Crippen LogP contribution is -2.51. The molecule has 6 nitrogen and oxygen atoms in total. The van der Waals surface area contributed by atoms with Gasteiger partial charge in [0, 0.05) is 6.42 Å². The number of nitrogens with one attached hydrogen (secondary N) is 1.